The van der Waals surface area contributed by atoms with Crippen molar-refractivity contribution in [1.82, 2.24) is 19.9 Å². The van der Waals surface area contributed by atoms with Crippen molar-refractivity contribution in [2.75, 3.05) is 12.4 Å². The Morgan fingerprint density at radius 1 is 1.03 bits per heavy atom. The van der Waals surface area contributed by atoms with Crippen LogP contribution in [0.4, 0.5) is 10.5 Å². The van der Waals surface area contributed by atoms with Gasteiger partial charge in [0.1, 0.15) is 5.60 Å². The highest BCUT2D eigenvalue weighted by Gasteiger charge is 2.21. The third-order valence-electron chi connectivity index (χ3n) is 5.81. The van der Waals surface area contributed by atoms with Crippen molar-refractivity contribution in [2.24, 2.45) is 0 Å². The van der Waals surface area contributed by atoms with E-state index in [4.69, 9.17) is 9.47 Å². The number of benzene rings is 2. The Morgan fingerprint density at radius 3 is 2.54 bits per heavy atom. The molecule has 2 amide bonds. The molecule has 2 aromatic heterocycles. The molecule has 1 atom stereocenters. The highest BCUT2D eigenvalue weighted by molar-refractivity contribution is 6.08. The smallest absolute Gasteiger partial charge is 0.408 e. The van der Waals surface area contributed by atoms with Crippen LogP contribution in [0.25, 0.3) is 16.9 Å². The summed E-state index contributed by atoms with van der Waals surface area (Å²) in [6, 6.07) is 17.6. The number of carbonyl (C=O) groups excluding carboxylic acids is 3. The monoisotopic (exact) mass is 529 g/mol. The summed E-state index contributed by atoms with van der Waals surface area (Å²) in [5.41, 5.74) is 2.68. The molecule has 10 heteroatoms. The standard InChI is InChI=1S/C29H31N5O5/c1-18(30-28(37)39-29(2,3)4)19-11-8-12-21(16-19)26-32-25(23-14-9-15-34(23)33-26)27(36)31-22-13-7-6-10-20(22)17-24(35)38-5/h6-16,18H,17H2,1-5H3,(H,30,37)(H,31,36)/t18-/m1/s1. The molecule has 4 aromatic rings. The van der Waals surface area contributed by atoms with E-state index in [-0.39, 0.29) is 18.2 Å². The summed E-state index contributed by atoms with van der Waals surface area (Å²) in [5.74, 6) is -0.529. The molecule has 202 valence electrons. The van der Waals surface area contributed by atoms with Crippen molar-refractivity contribution in [3.63, 3.8) is 0 Å². The lowest BCUT2D eigenvalue weighted by molar-refractivity contribution is -0.139. The first-order valence-electron chi connectivity index (χ1n) is 12.5. The van der Waals surface area contributed by atoms with Crippen molar-refractivity contribution >= 4 is 29.2 Å². The predicted molar refractivity (Wildman–Crippen MR) is 146 cm³/mol. The van der Waals surface area contributed by atoms with Crippen LogP contribution >= 0.6 is 0 Å². The van der Waals surface area contributed by atoms with Crippen molar-refractivity contribution < 1.29 is 23.9 Å². The van der Waals surface area contributed by atoms with Crippen LogP contribution in [0, 0.1) is 0 Å². The van der Waals surface area contributed by atoms with Gasteiger partial charge >= 0.3 is 12.1 Å². The van der Waals surface area contributed by atoms with Crippen LogP contribution in [-0.4, -0.2) is 45.3 Å². The molecule has 2 heterocycles. The summed E-state index contributed by atoms with van der Waals surface area (Å²) >= 11 is 0. The van der Waals surface area contributed by atoms with E-state index in [2.05, 4.69) is 20.7 Å². The van der Waals surface area contributed by atoms with Gasteiger partial charge in [0.05, 0.1) is 25.1 Å². The number of ether oxygens (including phenoxy) is 2. The Morgan fingerprint density at radius 2 is 1.79 bits per heavy atom. The fourth-order valence-electron chi connectivity index (χ4n) is 3.94. The molecule has 0 saturated carbocycles. The second-order valence-corrected chi connectivity index (χ2v) is 9.98. The van der Waals surface area contributed by atoms with Gasteiger partial charge in [-0.1, -0.05) is 36.4 Å². The van der Waals surface area contributed by atoms with Crippen LogP contribution < -0.4 is 10.6 Å². The Labute approximate surface area is 226 Å². The van der Waals surface area contributed by atoms with Crippen LogP contribution in [0.5, 0.6) is 0 Å². The lowest BCUT2D eigenvalue weighted by Crippen LogP contribution is -2.34. The van der Waals surface area contributed by atoms with E-state index in [0.29, 0.717) is 28.2 Å². The van der Waals surface area contributed by atoms with Crippen molar-refractivity contribution in [1.29, 1.82) is 0 Å². The van der Waals surface area contributed by atoms with E-state index < -0.39 is 23.6 Å². The summed E-state index contributed by atoms with van der Waals surface area (Å²) in [4.78, 5) is 42.1. The van der Waals surface area contributed by atoms with Gasteiger partial charge in [-0.25, -0.2) is 14.3 Å². The average molecular weight is 530 g/mol. The highest BCUT2D eigenvalue weighted by atomic mass is 16.6. The summed E-state index contributed by atoms with van der Waals surface area (Å²) in [7, 11) is 1.32. The van der Waals surface area contributed by atoms with E-state index in [0.717, 1.165) is 5.56 Å². The number of anilines is 1. The fourth-order valence-corrected chi connectivity index (χ4v) is 3.94. The number of fused-ring (bicyclic) bond motifs is 1. The summed E-state index contributed by atoms with van der Waals surface area (Å²) in [6.45, 7) is 7.26. The Bertz CT molecular complexity index is 1520. The Kier molecular flexibility index (Phi) is 7.94. The minimum Gasteiger partial charge on any atom is -0.469 e. The van der Waals surface area contributed by atoms with Gasteiger partial charge in [-0.2, -0.15) is 0 Å². The molecule has 0 spiro atoms. The number of hydrogen-bond donors (Lipinski definition) is 2. The number of para-hydroxylation sites is 1. The van der Waals surface area contributed by atoms with Gasteiger partial charge in [0.15, 0.2) is 11.5 Å². The van der Waals surface area contributed by atoms with Crippen LogP contribution in [-0.2, 0) is 20.7 Å². The minimum atomic E-state index is -0.609. The number of nitrogens with zero attached hydrogens (tertiary/aromatic N) is 3. The maximum atomic E-state index is 13.4. The first kappa shape index (κ1) is 27.3. The molecular weight excluding hydrogens is 498 g/mol. The highest BCUT2D eigenvalue weighted by Crippen LogP contribution is 2.24. The summed E-state index contributed by atoms with van der Waals surface area (Å²) < 4.78 is 11.7. The van der Waals surface area contributed by atoms with E-state index in [1.807, 2.05) is 31.2 Å². The quantitative estimate of drug-likeness (QED) is 0.325. The van der Waals surface area contributed by atoms with E-state index in [1.165, 1.54) is 7.11 Å². The lowest BCUT2D eigenvalue weighted by Gasteiger charge is -2.22. The van der Waals surface area contributed by atoms with Gasteiger partial charge in [0, 0.05) is 17.4 Å². The Hall–Kier alpha value is -4.73. The molecule has 39 heavy (non-hydrogen) atoms. The third-order valence-corrected chi connectivity index (χ3v) is 5.81. The maximum Gasteiger partial charge on any atom is 0.408 e. The van der Waals surface area contributed by atoms with E-state index in [1.54, 1.807) is 67.9 Å². The van der Waals surface area contributed by atoms with Crippen molar-refractivity contribution in [2.45, 2.75) is 45.8 Å². The first-order chi connectivity index (χ1) is 18.5. The summed E-state index contributed by atoms with van der Waals surface area (Å²) in [6.07, 6.45) is 1.24. The zero-order valence-electron chi connectivity index (χ0n) is 22.5. The van der Waals surface area contributed by atoms with Gasteiger partial charge in [-0.05, 0) is 63.1 Å². The second kappa shape index (κ2) is 11.3. The van der Waals surface area contributed by atoms with Gasteiger partial charge in [-0.15, -0.1) is 5.10 Å². The number of alkyl carbamates (subject to hydrolysis) is 1. The minimum absolute atomic E-state index is 0.0187. The topological polar surface area (TPSA) is 124 Å². The maximum absolute atomic E-state index is 13.4. The molecule has 0 saturated heterocycles. The normalized spacial score (nSPS) is 12.0. The van der Waals surface area contributed by atoms with Gasteiger partial charge < -0.3 is 20.1 Å². The molecule has 0 fully saturated rings. The van der Waals surface area contributed by atoms with E-state index in [9.17, 15) is 14.4 Å². The molecule has 4 rings (SSSR count). The molecule has 0 unspecified atom stereocenters. The molecule has 0 aliphatic heterocycles. The number of rotatable bonds is 7. The largest absolute Gasteiger partial charge is 0.469 e. The van der Waals surface area contributed by atoms with Crippen LogP contribution in [0.3, 0.4) is 0 Å². The van der Waals surface area contributed by atoms with Crippen LogP contribution in [0.1, 0.15) is 55.4 Å². The SMILES string of the molecule is COC(=O)Cc1ccccc1NC(=O)c1nc(-c2cccc([C@@H](C)NC(=O)OC(C)(C)C)c2)nn2cccc12. The molecule has 0 aliphatic rings. The number of aromatic nitrogens is 3. The first-order valence-corrected chi connectivity index (χ1v) is 12.5. The predicted octanol–water partition coefficient (Wildman–Crippen LogP) is 4.95. The number of carbonyl (C=O) groups is 3. The number of amides is 2. The number of esters is 1. The molecule has 0 aliphatic carbocycles. The summed E-state index contributed by atoms with van der Waals surface area (Å²) in [5, 5.41) is 10.3. The zero-order valence-corrected chi connectivity index (χ0v) is 22.5. The van der Waals surface area contributed by atoms with Crippen LogP contribution in [0.15, 0.2) is 66.9 Å². The molecule has 0 bridgehead atoms. The second-order valence-electron chi connectivity index (χ2n) is 9.98. The van der Waals surface area contributed by atoms with Crippen molar-refractivity contribution in [3.05, 3.63) is 83.7 Å². The molecule has 2 aromatic carbocycles. The Balaban J connectivity index is 1.63. The number of methoxy groups -OCH3 is 1. The molecule has 10 nitrogen and oxygen atoms in total. The van der Waals surface area contributed by atoms with Crippen molar-refractivity contribution in [3.8, 4) is 11.4 Å². The van der Waals surface area contributed by atoms with Gasteiger partial charge in [0.25, 0.3) is 5.91 Å². The zero-order chi connectivity index (χ0) is 28.2. The molecule has 0 radical (unpaired) electrons. The average Bonchev–Trinajstić information content (AvgIpc) is 3.37. The van der Waals surface area contributed by atoms with Crippen LogP contribution in [0.2, 0.25) is 0 Å². The lowest BCUT2D eigenvalue weighted by atomic mass is 10.0. The molecule has 2 N–H and O–H groups in total. The third kappa shape index (κ3) is 6.78. The number of nitrogens with one attached hydrogen (secondary N) is 2. The van der Waals surface area contributed by atoms with E-state index >= 15 is 0 Å². The van der Waals surface area contributed by atoms with Gasteiger partial charge in [-0.3, -0.25) is 9.59 Å². The number of hydrogen-bond acceptors (Lipinski definition) is 7. The fraction of sp³-hybridized carbons (Fsp3) is 0.276. The molecular formula is C29H31N5O5. The van der Waals surface area contributed by atoms with Gasteiger partial charge in [0.2, 0.25) is 0 Å².